The molecule has 0 saturated carbocycles. The molecule has 3 heteroatoms. The molecule has 0 N–H and O–H groups in total. The average molecular weight is 293 g/mol. The Morgan fingerprint density at radius 1 is 1.05 bits per heavy atom. The maximum absolute atomic E-state index is 9.54. The summed E-state index contributed by atoms with van der Waals surface area (Å²) >= 11 is 0. The van der Waals surface area contributed by atoms with Crippen LogP contribution in [-0.4, -0.2) is 8.32 Å². The summed E-state index contributed by atoms with van der Waals surface area (Å²) in [6.45, 7) is 6.36. The van der Waals surface area contributed by atoms with Gasteiger partial charge in [0.1, 0.15) is 0 Å². The summed E-state index contributed by atoms with van der Waals surface area (Å²) in [5, 5.41) is 9.54. The predicted molar refractivity (Wildman–Crippen MR) is 87.5 cm³/mol. The molecule has 2 aromatic rings. The molecule has 1 atom stereocenters. The van der Waals surface area contributed by atoms with E-state index in [0.717, 1.165) is 12.0 Å². The van der Waals surface area contributed by atoms with Crippen LogP contribution in [0.15, 0.2) is 42.5 Å². The first-order valence-corrected chi connectivity index (χ1v) is 10.7. The van der Waals surface area contributed by atoms with Crippen LogP contribution >= 0.6 is 0 Å². The van der Waals surface area contributed by atoms with Crippen molar-refractivity contribution < 1.29 is 4.43 Å². The Morgan fingerprint density at radius 2 is 1.76 bits per heavy atom. The highest BCUT2D eigenvalue weighted by Crippen LogP contribution is 2.40. The first-order valence-electron chi connectivity index (χ1n) is 7.27. The molecular weight excluding hydrogens is 274 g/mol. The van der Waals surface area contributed by atoms with Crippen LogP contribution in [0, 0.1) is 11.3 Å². The van der Waals surface area contributed by atoms with Gasteiger partial charge in [0.2, 0.25) is 0 Å². The van der Waals surface area contributed by atoms with Gasteiger partial charge >= 0.3 is 0 Å². The number of nitrogens with zero attached hydrogens (tertiary/aromatic N) is 1. The Kier molecular flexibility index (Phi) is 3.44. The average Bonchev–Trinajstić information content (AvgIpc) is 2.82. The Morgan fingerprint density at radius 3 is 2.48 bits per heavy atom. The van der Waals surface area contributed by atoms with Gasteiger partial charge < -0.3 is 4.43 Å². The lowest BCUT2D eigenvalue weighted by Crippen LogP contribution is -2.27. The Labute approximate surface area is 127 Å². The fraction of sp³-hybridized carbons (Fsp3) is 0.278. The van der Waals surface area contributed by atoms with Gasteiger partial charge in [-0.05, 0) is 53.9 Å². The van der Waals surface area contributed by atoms with E-state index in [0.29, 0.717) is 0 Å². The maximum atomic E-state index is 9.54. The quantitative estimate of drug-likeness (QED) is 0.657. The summed E-state index contributed by atoms with van der Waals surface area (Å²) in [5.74, 6) is 0. The van der Waals surface area contributed by atoms with Gasteiger partial charge in [0, 0.05) is 0 Å². The molecule has 21 heavy (non-hydrogen) atoms. The van der Waals surface area contributed by atoms with Crippen molar-refractivity contribution >= 4 is 8.32 Å². The fourth-order valence-electron chi connectivity index (χ4n) is 2.94. The minimum atomic E-state index is -1.76. The van der Waals surface area contributed by atoms with Crippen molar-refractivity contribution in [3.63, 3.8) is 0 Å². The van der Waals surface area contributed by atoms with Crippen molar-refractivity contribution in [2.75, 3.05) is 0 Å². The van der Waals surface area contributed by atoms with E-state index in [2.05, 4.69) is 56.0 Å². The van der Waals surface area contributed by atoms with Crippen LogP contribution < -0.4 is 0 Å². The summed E-state index contributed by atoms with van der Waals surface area (Å²) < 4.78 is 6.07. The first kappa shape index (κ1) is 14.1. The van der Waals surface area contributed by atoms with E-state index < -0.39 is 14.4 Å². The van der Waals surface area contributed by atoms with Crippen molar-refractivity contribution in [1.82, 2.24) is 0 Å². The minimum absolute atomic E-state index is 0.457. The van der Waals surface area contributed by atoms with E-state index in [1.165, 1.54) is 22.3 Å². The second-order valence-electron chi connectivity index (χ2n) is 6.45. The molecule has 2 nitrogen and oxygen atoms in total. The van der Waals surface area contributed by atoms with E-state index in [9.17, 15) is 5.26 Å². The van der Waals surface area contributed by atoms with Crippen LogP contribution in [0.25, 0.3) is 11.1 Å². The number of benzene rings is 2. The zero-order valence-corrected chi connectivity index (χ0v) is 13.7. The summed E-state index contributed by atoms with van der Waals surface area (Å²) in [5.41, 5.74) is 6.17. The van der Waals surface area contributed by atoms with Crippen molar-refractivity contribution in [3.8, 4) is 17.2 Å². The zero-order chi connectivity index (χ0) is 15.0. The molecule has 106 valence electrons. The first-order chi connectivity index (χ1) is 9.99. The largest absolute Gasteiger partial charge is 0.399 e. The van der Waals surface area contributed by atoms with Gasteiger partial charge in [0.25, 0.3) is 0 Å². The Hall–Kier alpha value is -1.89. The van der Waals surface area contributed by atoms with Crippen molar-refractivity contribution in [2.45, 2.75) is 32.2 Å². The molecule has 0 radical (unpaired) electrons. The number of nitriles is 1. The van der Waals surface area contributed by atoms with E-state index in [-0.39, 0.29) is 0 Å². The molecule has 3 rings (SSSR count). The number of rotatable bonds is 3. The van der Waals surface area contributed by atoms with E-state index in [1.54, 1.807) is 0 Å². The van der Waals surface area contributed by atoms with Gasteiger partial charge in [-0.2, -0.15) is 5.26 Å². The lowest BCUT2D eigenvalue weighted by Gasteiger charge is -2.23. The van der Waals surface area contributed by atoms with E-state index in [4.69, 9.17) is 4.43 Å². The van der Waals surface area contributed by atoms with Crippen LogP contribution in [0.2, 0.25) is 19.6 Å². The molecule has 0 fully saturated rings. The molecule has 0 unspecified atom stereocenters. The van der Waals surface area contributed by atoms with Gasteiger partial charge in [0.15, 0.2) is 14.4 Å². The molecule has 0 heterocycles. The molecule has 0 bridgehead atoms. The third kappa shape index (κ3) is 2.65. The summed E-state index contributed by atoms with van der Waals surface area (Å²) in [6, 6.07) is 17.0. The maximum Gasteiger partial charge on any atom is 0.186 e. The van der Waals surface area contributed by atoms with E-state index in [1.807, 2.05) is 12.1 Å². The molecule has 1 aliphatic carbocycles. The molecule has 1 aliphatic rings. The predicted octanol–water partition coefficient (Wildman–Crippen LogP) is 4.67. The highest BCUT2D eigenvalue weighted by Gasteiger charge is 2.27. The zero-order valence-electron chi connectivity index (χ0n) is 12.7. The summed E-state index contributed by atoms with van der Waals surface area (Å²) in [6.07, 6.45) is 0.440. The van der Waals surface area contributed by atoms with Crippen LogP contribution in [0.3, 0.4) is 0 Å². The third-order valence-electron chi connectivity index (χ3n) is 3.76. The smallest absolute Gasteiger partial charge is 0.186 e. The SMILES string of the molecule is C[Si](C)(C)O[C@H](C#N)c1cccc2c1Cc1ccccc1-2. The second-order valence-corrected chi connectivity index (χ2v) is 10.9. The number of hydrogen-bond donors (Lipinski definition) is 0. The molecule has 0 amide bonds. The Bertz CT molecular complexity index is 725. The van der Waals surface area contributed by atoms with Crippen LogP contribution in [0.5, 0.6) is 0 Å². The van der Waals surface area contributed by atoms with Crippen molar-refractivity contribution in [1.29, 1.82) is 5.26 Å². The number of fused-ring (bicyclic) bond motifs is 3. The molecule has 2 aromatic carbocycles. The van der Waals surface area contributed by atoms with Gasteiger partial charge in [-0.3, -0.25) is 0 Å². The van der Waals surface area contributed by atoms with Crippen LogP contribution in [0.1, 0.15) is 22.8 Å². The van der Waals surface area contributed by atoms with Crippen LogP contribution in [-0.2, 0) is 10.8 Å². The van der Waals surface area contributed by atoms with Gasteiger partial charge in [0.05, 0.1) is 6.07 Å². The minimum Gasteiger partial charge on any atom is -0.399 e. The second kappa shape index (κ2) is 5.14. The van der Waals surface area contributed by atoms with Crippen molar-refractivity contribution in [3.05, 3.63) is 59.2 Å². The molecule has 0 aromatic heterocycles. The monoisotopic (exact) mass is 293 g/mol. The molecule has 0 saturated heterocycles. The van der Waals surface area contributed by atoms with Gasteiger partial charge in [-0.25, -0.2) is 0 Å². The summed E-state index contributed by atoms with van der Waals surface area (Å²) in [4.78, 5) is 0. The topological polar surface area (TPSA) is 33.0 Å². The summed E-state index contributed by atoms with van der Waals surface area (Å²) in [7, 11) is -1.76. The Balaban J connectivity index is 2.06. The van der Waals surface area contributed by atoms with Crippen molar-refractivity contribution in [2.24, 2.45) is 0 Å². The molecular formula is C18H19NOSi. The highest BCUT2D eigenvalue weighted by atomic mass is 28.4. The standard InChI is InChI=1S/C18H19NOSi/c1-21(2,3)20-18(12-19)16-10-6-9-15-14-8-5-4-7-13(14)11-17(15)16/h4-10,18H,11H2,1-3H3/t18-/m1/s1. The van der Waals surface area contributed by atoms with Gasteiger partial charge in [-0.1, -0.05) is 42.5 Å². The fourth-order valence-corrected chi connectivity index (χ4v) is 3.83. The normalized spacial score (nSPS) is 14.2. The van der Waals surface area contributed by atoms with Crippen LogP contribution in [0.4, 0.5) is 0 Å². The number of hydrogen-bond acceptors (Lipinski definition) is 2. The molecule has 0 aliphatic heterocycles. The van der Waals surface area contributed by atoms with Gasteiger partial charge in [-0.15, -0.1) is 0 Å². The third-order valence-corrected chi connectivity index (χ3v) is 4.70. The highest BCUT2D eigenvalue weighted by molar-refractivity contribution is 6.69. The lowest BCUT2D eigenvalue weighted by molar-refractivity contribution is 0.254. The molecule has 0 spiro atoms. The van der Waals surface area contributed by atoms with E-state index >= 15 is 0 Å². The lowest BCUT2D eigenvalue weighted by atomic mass is 9.98.